The van der Waals surface area contributed by atoms with Crippen LogP contribution in [0.25, 0.3) is 0 Å². The molecule has 0 saturated heterocycles. The van der Waals surface area contributed by atoms with E-state index in [0.29, 0.717) is 18.6 Å². The lowest BCUT2D eigenvalue weighted by molar-refractivity contribution is -0.147. The fourth-order valence-corrected chi connectivity index (χ4v) is 3.44. The molecule has 0 radical (unpaired) electrons. The molecule has 0 fully saturated rings. The molecule has 1 aromatic carbocycles. The molecule has 8 heteroatoms. The Morgan fingerprint density at radius 2 is 2.00 bits per heavy atom. The first-order valence-corrected chi connectivity index (χ1v) is 7.72. The molecule has 0 spiro atoms. The summed E-state index contributed by atoms with van der Waals surface area (Å²) >= 11 is 0. The van der Waals surface area contributed by atoms with Gasteiger partial charge >= 0.3 is 5.97 Å². The molecule has 0 aliphatic heterocycles. The molecule has 0 heterocycles. The number of nitrogens with one attached hydrogen (secondary N) is 1. The molecular formula is C13H17F2NO4S. The Labute approximate surface area is 122 Å². The van der Waals surface area contributed by atoms with Crippen molar-refractivity contribution in [3.05, 3.63) is 29.8 Å². The van der Waals surface area contributed by atoms with E-state index in [1.807, 2.05) is 0 Å². The van der Waals surface area contributed by atoms with Crippen molar-refractivity contribution in [1.29, 1.82) is 0 Å². The summed E-state index contributed by atoms with van der Waals surface area (Å²) in [4.78, 5) is 10.9. The van der Waals surface area contributed by atoms with E-state index < -0.39 is 38.1 Å². The monoisotopic (exact) mass is 321 g/mol. The molecule has 118 valence electrons. The summed E-state index contributed by atoms with van der Waals surface area (Å²) < 4.78 is 57.8. The van der Waals surface area contributed by atoms with Gasteiger partial charge in [0.25, 0.3) is 0 Å². The van der Waals surface area contributed by atoms with E-state index in [9.17, 15) is 22.0 Å². The highest BCUT2D eigenvalue weighted by atomic mass is 32.2. The summed E-state index contributed by atoms with van der Waals surface area (Å²) in [6.07, 6.45) is 0.635. The van der Waals surface area contributed by atoms with E-state index in [1.54, 1.807) is 6.92 Å². The van der Waals surface area contributed by atoms with Crippen molar-refractivity contribution < 1.29 is 26.7 Å². The summed E-state index contributed by atoms with van der Waals surface area (Å²) in [7, 11) is -3.30. The van der Waals surface area contributed by atoms with Crippen molar-refractivity contribution in [2.24, 2.45) is 0 Å². The standard InChI is InChI=1S/C13H17F2NO4S/c1-4-7-13(2,12(17)20-3)16-21(18,19)11-8-9(14)5-6-10(11)15/h5-6,8,16H,4,7H2,1-3H3. The highest BCUT2D eigenvalue weighted by Crippen LogP contribution is 2.21. The van der Waals surface area contributed by atoms with Crippen LogP contribution < -0.4 is 4.72 Å². The summed E-state index contributed by atoms with van der Waals surface area (Å²) in [6.45, 7) is 3.08. The minimum atomic E-state index is -4.41. The van der Waals surface area contributed by atoms with Gasteiger partial charge in [-0.3, -0.25) is 4.79 Å². The molecule has 21 heavy (non-hydrogen) atoms. The SMILES string of the molecule is CCCC(C)(NS(=O)(=O)c1cc(F)ccc1F)C(=O)OC. The number of methoxy groups -OCH3 is 1. The van der Waals surface area contributed by atoms with Crippen molar-refractivity contribution in [1.82, 2.24) is 4.72 Å². The van der Waals surface area contributed by atoms with E-state index in [2.05, 4.69) is 9.46 Å². The van der Waals surface area contributed by atoms with Gasteiger partial charge in [0.15, 0.2) is 0 Å². The average Bonchev–Trinajstić information content (AvgIpc) is 2.40. The number of hydrogen-bond acceptors (Lipinski definition) is 4. The van der Waals surface area contributed by atoms with Crippen molar-refractivity contribution in [2.45, 2.75) is 37.1 Å². The first kappa shape index (κ1) is 17.5. The number of ether oxygens (including phenoxy) is 1. The van der Waals surface area contributed by atoms with Gasteiger partial charge in [-0.1, -0.05) is 13.3 Å². The number of rotatable bonds is 6. The maximum Gasteiger partial charge on any atom is 0.326 e. The third kappa shape index (κ3) is 3.98. The van der Waals surface area contributed by atoms with E-state index in [1.165, 1.54) is 6.92 Å². The van der Waals surface area contributed by atoms with Gasteiger partial charge in [0.2, 0.25) is 10.0 Å². The molecule has 1 aromatic rings. The predicted molar refractivity (Wildman–Crippen MR) is 72.0 cm³/mol. The molecule has 1 atom stereocenters. The number of halogens is 2. The van der Waals surface area contributed by atoms with Crippen LogP contribution in [0.4, 0.5) is 8.78 Å². The van der Waals surface area contributed by atoms with Crippen LogP contribution in [0.15, 0.2) is 23.1 Å². The molecule has 1 N–H and O–H groups in total. The van der Waals surface area contributed by atoms with Crippen LogP contribution >= 0.6 is 0 Å². The molecule has 0 saturated carbocycles. The Bertz CT molecular complexity index is 633. The zero-order valence-electron chi connectivity index (χ0n) is 11.9. The van der Waals surface area contributed by atoms with Gasteiger partial charge in [-0.05, 0) is 31.5 Å². The quantitative estimate of drug-likeness (QED) is 0.813. The smallest absolute Gasteiger partial charge is 0.326 e. The van der Waals surface area contributed by atoms with Crippen molar-refractivity contribution in [2.75, 3.05) is 7.11 Å². The fourth-order valence-electron chi connectivity index (χ4n) is 1.95. The zero-order valence-corrected chi connectivity index (χ0v) is 12.8. The van der Waals surface area contributed by atoms with Gasteiger partial charge in [-0.25, -0.2) is 17.2 Å². The van der Waals surface area contributed by atoms with Gasteiger partial charge in [-0.15, -0.1) is 0 Å². The Hall–Kier alpha value is -1.54. The molecule has 1 rings (SSSR count). The van der Waals surface area contributed by atoms with Crippen molar-refractivity contribution >= 4 is 16.0 Å². The zero-order chi connectivity index (χ0) is 16.3. The first-order chi connectivity index (χ1) is 9.66. The highest BCUT2D eigenvalue weighted by molar-refractivity contribution is 7.89. The number of carbonyl (C=O) groups is 1. The third-order valence-electron chi connectivity index (χ3n) is 2.93. The van der Waals surface area contributed by atoms with E-state index in [-0.39, 0.29) is 6.42 Å². The second-order valence-corrected chi connectivity index (χ2v) is 6.40. The van der Waals surface area contributed by atoms with Crippen molar-refractivity contribution in [3.8, 4) is 0 Å². The lowest BCUT2D eigenvalue weighted by Crippen LogP contribution is -2.52. The van der Waals surface area contributed by atoms with Crippen LogP contribution in [0, 0.1) is 11.6 Å². The van der Waals surface area contributed by atoms with Gasteiger partial charge in [0.1, 0.15) is 22.1 Å². The van der Waals surface area contributed by atoms with Crippen LogP contribution in [-0.4, -0.2) is 27.0 Å². The molecule has 0 aliphatic rings. The first-order valence-electron chi connectivity index (χ1n) is 6.23. The minimum Gasteiger partial charge on any atom is -0.468 e. The number of benzene rings is 1. The second-order valence-electron chi connectivity index (χ2n) is 4.75. The van der Waals surface area contributed by atoms with E-state index in [4.69, 9.17) is 0 Å². The minimum absolute atomic E-state index is 0.149. The number of carbonyl (C=O) groups excluding carboxylic acids is 1. The van der Waals surface area contributed by atoms with Crippen LogP contribution in [0.2, 0.25) is 0 Å². The lowest BCUT2D eigenvalue weighted by Gasteiger charge is -2.27. The maximum absolute atomic E-state index is 13.6. The average molecular weight is 321 g/mol. The highest BCUT2D eigenvalue weighted by Gasteiger charge is 2.39. The fraction of sp³-hybridized carbons (Fsp3) is 0.462. The molecule has 0 aliphatic carbocycles. The van der Waals surface area contributed by atoms with E-state index in [0.717, 1.165) is 13.2 Å². The molecular weight excluding hydrogens is 304 g/mol. The third-order valence-corrected chi connectivity index (χ3v) is 4.54. The van der Waals surface area contributed by atoms with Crippen LogP contribution in [0.5, 0.6) is 0 Å². The topological polar surface area (TPSA) is 72.5 Å². The molecule has 0 aromatic heterocycles. The Morgan fingerprint density at radius 3 is 2.52 bits per heavy atom. The number of esters is 1. The maximum atomic E-state index is 13.6. The molecule has 1 unspecified atom stereocenters. The van der Waals surface area contributed by atoms with Gasteiger partial charge in [0, 0.05) is 0 Å². The Morgan fingerprint density at radius 1 is 1.38 bits per heavy atom. The van der Waals surface area contributed by atoms with Crippen LogP contribution in [-0.2, 0) is 19.6 Å². The van der Waals surface area contributed by atoms with Crippen LogP contribution in [0.3, 0.4) is 0 Å². The predicted octanol–water partition coefficient (Wildman–Crippen LogP) is 1.97. The lowest BCUT2D eigenvalue weighted by atomic mass is 9.98. The molecule has 0 amide bonds. The molecule has 5 nitrogen and oxygen atoms in total. The summed E-state index contributed by atoms with van der Waals surface area (Å²) in [5.74, 6) is -2.80. The summed E-state index contributed by atoms with van der Waals surface area (Å²) in [5, 5.41) is 0. The van der Waals surface area contributed by atoms with Gasteiger partial charge in [-0.2, -0.15) is 4.72 Å². The van der Waals surface area contributed by atoms with E-state index >= 15 is 0 Å². The number of sulfonamides is 1. The second kappa shape index (κ2) is 6.48. The Kier molecular flexibility index (Phi) is 5.41. The van der Waals surface area contributed by atoms with Gasteiger partial charge < -0.3 is 4.74 Å². The van der Waals surface area contributed by atoms with Crippen LogP contribution in [0.1, 0.15) is 26.7 Å². The normalized spacial score (nSPS) is 14.5. The largest absolute Gasteiger partial charge is 0.468 e. The summed E-state index contributed by atoms with van der Waals surface area (Å²) in [6, 6.07) is 2.07. The molecule has 0 bridgehead atoms. The summed E-state index contributed by atoms with van der Waals surface area (Å²) in [5.41, 5.74) is -1.55. The van der Waals surface area contributed by atoms with Gasteiger partial charge in [0.05, 0.1) is 7.11 Å². The Balaban J connectivity index is 3.24. The van der Waals surface area contributed by atoms with Crippen molar-refractivity contribution in [3.63, 3.8) is 0 Å². The number of hydrogen-bond donors (Lipinski definition) is 1.